The number of benzene rings is 1. The normalized spacial score (nSPS) is 9.64. The standard InChI is InChI=1S/C11H16N2O/c1-8-4-5-9(2)10(6-8)7-13-11(14)12-3/h4-6H,7H2,1-3H3,(H2,12,13,14). The molecule has 0 spiro atoms. The van der Waals surface area contributed by atoms with Crippen molar-refractivity contribution in [1.82, 2.24) is 10.6 Å². The Morgan fingerprint density at radius 2 is 2.07 bits per heavy atom. The molecule has 1 rings (SSSR count). The summed E-state index contributed by atoms with van der Waals surface area (Å²) < 4.78 is 0. The van der Waals surface area contributed by atoms with Gasteiger partial charge in [-0.3, -0.25) is 0 Å². The topological polar surface area (TPSA) is 41.1 Å². The second-order valence-corrected chi connectivity index (χ2v) is 3.36. The highest BCUT2D eigenvalue weighted by Gasteiger charge is 2.00. The summed E-state index contributed by atoms with van der Waals surface area (Å²) in [4.78, 5) is 11.0. The van der Waals surface area contributed by atoms with Crippen molar-refractivity contribution in [2.45, 2.75) is 20.4 Å². The van der Waals surface area contributed by atoms with Gasteiger partial charge >= 0.3 is 6.03 Å². The lowest BCUT2D eigenvalue weighted by atomic mass is 10.1. The van der Waals surface area contributed by atoms with E-state index in [2.05, 4.69) is 28.8 Å². The second-order valence-electron chi connectivity index (χ2n) is 3.36. The van der Waals surface area contributed by atoms with Crippen LogP contribution < -0.4 is 10.6 Å². The van der Waals surface area contributed by atoms with E-state index in [0.29, 0.717) is 6.54 Å². The molecule has 0 saturated carbocycles. The van der Waals surface area contributed by atoms with E-state index in [1.807, 2.05) is 13.8 Å². The Hall–Kier alpha value is -1.51. The fourth-order valence-corrected chi connectivity index (χ4v) is 1.25. The fourth-order valence-electron chi connectivity index (χ4n) is 1.25. The summed E-state index contributed by atoms with van der Waals surface area (Å²) in [6, 6.07) is 6.08. The van der Waals surface area contributed by atoms with Gasteiger partial charge in [-0.25, -0.2) is 4.79 Å². The van der Waals surface area contributed by atoms with Crippen LogP contribution in [0.4, 0.5) is 4.79 Å². The van der Waals surface area contributed by atoms with Crippen LogP contribution in [0.25, 0.3) is 0 Å². The van der Waals surface area contributed by atoms with Crippen LogP contribution in [0.3, 0.4) is 0 Å². The van der Waals surface area contributed by atoms with Crippen molar-refractivity contribution >= 4 is 6.03 Å². The molecule has 0 atom stereocenters. The highest BCUT2D eigenvalue weighted by molar-refractivity contribution is 5.73. The van der Waals surface area contributed by atoms with Crippen LogP contribution in [0.1, 0.15) is 16.7 Å². The molecule has 14 heavy (non-hydrogen) atoms. The third-order valence-corrected chi connectivity index (χ3v) is 2.17. The van der Waals surface area contributed by atoms with E-state index in [-0.39, 0.29) is 6.03 Å². The number of nitrogens with one attached hydrogen (secondary N) is 2. The minimum absolute atomic E-state index is 0.147. The van der Waals surface area contributed by atoms with Crippen molar-refractivity contribution in [1.29, 1.82) is 0 Å². The van der Waals surface area contributed by atoms with E-state index in [1.54, 1.807) is 7.05 Å². The van der Waals surface area contributed by atoms with Crippen LogP contribution in [0.2, 0.25) is 0 Å². The lowest BCUT2D eigenvalue weighted by molar-refractivity contribution is 0.242. The lowest BCUT2D eigenvalue weighted by Gasteiger charge is -2.08. The number of carbonyl (C=O) groups is 1. The Labute approximate surface area is 84.5 Å². The first kappa shape index (κ1) is 10.6. The molecule has 2 N–H and O–H groups in total. The van der Waals surface area contributed by atoms with Crippen LogP contribution in [-0.4, -0.2) is 13.1 Å². The number of rotatable bonds is 2. The van der Waals surface area contributed by atoms with Gasteiger partial charge in [-0.05, 0) is 25.0 Å². The largest absolute Gasteiger partial charge is 0.341 e. The van der Waals surface area contributed by atoms with Gasteiger partial charge < -0.3 is 10.6 Å². The zero-order chi connectivity index (χ0) is 10.6. The predicted octanol–water partition coefficient (Wildman–Crippen LogP) is 1.73. The molecule has 0 aliphatic heterocycles. The summed E-state index contributed by atoms with van der Waals surface area (Å²) in [5.74, 6) is 0. The molecule has 0 aromatic heterocycles. The molecule has 2 amide bonds. The van der Waals surface area contributed by atoms with Crippen LogP contribution >= 0.6 is 0 Å². The van der Waals surface area contributed by atoms with Gasteiger partial charge in [0.1, 0.15) is 0 Å². The maximum atomic E-state index is 11.0. The molecule has 1 aromatic rings. The maximum absolute atomic E-state index is 11.0. The first-order valence-corrected chi connectivity index (χ1v) is 4.65. The van der Waals surface area contributed by atoms with Gasteiger partial charge in [0.15, 0.2) is 0 Å². The van der Waals surface area contributed by atoms with Crippen LogP contribution in [0.15, 0.2) is 18.2 Å². The zero-order valence-corrected chi connectivity index (χ0v) is 8.85. The van der Waals surface area contributed by atoms with Gasteiger partial charge in [0.05, 0.1) is 0 Å². The van der Waals surface area contributed by atoms with Gasteiger partial charge in [-0.2, -0.15) is 0 Å². The number of carbonyl (C=O) groups excluding carboxylic acids is 1. The summed E-state index contributed by atoms with van der Waals surface area (Å²) >= 11 is 0. The number of amides is 2. The number of hydrogen-bond acceptors (Lipinski definition) is 1. The molecule has 0 unspecified atom stereocenters. The highest BCUT2D eigenvalue weighted by Crippen LogP contribution is 2.09. The molecule has 3 nitrogen and oxygen atoms in total. The average Bonchev–Trinajstić information content (AvgIpc) is 2.19. The minimum Gasteiger partial charge on any atom is -0.341 e. The first-order chi connectivity index (χ1) is 6.63. The van der Waals surface area contributed by atoms with Gasteiger partial charge in [0, 0.05) is 13.6 Å². The molecule has 0 bridgehead atoms. The molecular formula is C11H16N2O. The van der Waals surface area contributed by atoms with Gasteiger partial charge in [0.2, 0.25) is 0 Å². The molecule has 0 aliphatic rings. The molecule has 0 fully saturated rings. The SMILES string of the molecule is CNC(=O)NCc1cc(C)ccc1C. The third-order valence-electron chi connectivity index (χ3n) is 2.17. The third kappa shape index (κ3) is 2.76. The number of hydrogen-bond donors (Lipinski definition) is 2. The van der Waals surface area contributed by atoms with Crippen molar-refractivity contribution in [2.24, 2.45) is 0 Å². The Bertz CT molecular complexity index is 334. The smallest absolute Gasteiger partial charge is 0.314 e. The monoisotopic (exact) mass is 192 g/mol. The average molecular weight is 192 g/mol. The van der Waals surface area contributed by atoms with E-state index in [0.717, 1.165) is 5.56 Å². The summed E-state index contributed by atoms with van der Waals surface area (Å²) in [6.45, 7) is 4.66. The molecule has 3 heteroatoms. The van der Waals surface area contributed by atoms with Gasteiger partial charge in [-0.1, -0.05) is 23.8 Å². The van der Waals surface area contributed by atoms with Gasteiger partial charge in [0.25, 0.3) is 0 Å². The van der Waals surface area contributed by atoms with E-state index < -0.39 is 0 Å². The number of urea groups is 1. The zero-order valence-electron chi connectivity index (χ0n) is 8.85. The van der Waals surface area contributed by atoms with E-state index in [9.17, 15) is 4.79 Å². The van der Waals surface area contributed by atoms with Crippen LogP contribution in [-0.2, 0) is 6.54 Å². The van der Waals surface area contributed by atoms with Crippen molar-refractivity contribution in [3.05, 3.63) is 34.9 Å². The summed E-state index contributed by atoms with van der Waals surface area (Å²) in [5.41, 5.74) is 3.57. The molecule has 0 radical (unpaired) electrons. The van der Waals surface area contributed by atoms with Crippen molar-refractivity contribution < 1.29 is 4.79 Å². The Balaban J connectivity index is 2.66. The highest BCUT2D eigenvalue weighted by atomic mass is 16.2. The molecule has 76 valence electrons. The first-order valence-electron chi connectivity index (χ1n) is 4.65. The quantitative estimate of drug-likeness (QED) is 0.736. The second kappa shape index (κ2) is 4.65. The summed E-state index contributed by atoms with van der Waals surface area (Å²) in [5, 5.41) is 5.29. The van der Waals surface area contributed by atoms with E-state index in [1.165, 1.54) is 11.1 Å². The van der Waals surface area contributed by atoms with E-state index >= 15 is 0 Å². The molecule has 0 saturated heterocycles. The maximum Gasteiger partial charge on any atom is 0.314 e. The summed E-state index contributed by atoms with van der Waals surface area (Å²) in [6.07, 6.45) is 0. The van der Waals surface area contributed by atoms with Gasteiger partial charge in [-0.15, -0.1) is 0 Å². The Kier molecular flexibility index (Phi) is 3.51. The molecular weight excluding hydrogens is 176 g/mol. The Morgan fingerprint density at radius 1 is 1.36 bits per heavy atom. The van der Waals surface area contributed by atoms with Crippen LogP contribution in [0, 0.1) is 13.8 Å². The van der Waals surface area contributed by atoms with E-state index in [4.69, 9.17) is 0 Å². The molecule has 0 heterocycles. The Morgan fingerprint density at radius 3 is 2.71 bits per heavy atom. The number of aryl methyl sites for hydroxylation is 2. The summed E-state index contributed by atoms with van der Waals surface area (Å²) in [7, 11) is 1.61. The van der Waals surface area contributed by atoms with Crippen molar-refractivity contribution in [3.63, 3.8) is 0 Å². The van der Waals surface area contributed by atoms with Crippen molar-refractivity contribution in [2.75, 3.05) is 7.05 Å². The molecule has 0 aliphatic carbocycles. The lowest BCUT2D eigenvalue weighted by Crippen LogP contribution is -2.32. The van der Waals surface area contributed by atoms with Crippen LogP contribution in [0.5, 0.6) is 0 Å². The fraction of sp³-hybridized carbons (Fsp3) is 0.364. The predicted molar refractivity (Wildman–Crippen MR) is 57.2 cm³/mol. The minimum atomic E-state index is -0.147. The van der Waals surface area contributed by atoms with Crippen molar-refractivity contribution in [3.8, 4) is 0 Å². The molecule has 1 aromatic carbocycles.